The third-order valence-electron chi connectivity index (χ3n) is 1.22. The monoisotopic (exact) mass is 234 g/mol. The average Bonchev–Trinajstić information content (AvgIpc) is 2.00. The molecule has 0 aromatic carbocycles. The second-order valence-corrected chi connectivity index (χ2v) is 2.52. The van der Waals surface area contributed by atoms with E-state index < -0.39 is 30.8 Å². The van der Waals surface area contributed by atoms with Gasteiger partial charge in [0.2, 0.25) is 0 Å². The molecule has 1 unspecified atom stereocenters. The molecule has 0 aromatic heterocycles. The fraction of sp³-hybridized carbons (Fsp3) is 0.571. The lowest BCUT2D eigenvalue weighted by atomic mass is 10.2. The van der Waals surface area contributed by atoms with Gasteiger partial charge in [-0.2, -0.15) is 22.0 Å². The quantitative estimate of drug-likeness (QED) is 0.456. The number of aliphatic hydroxyl groups excluding tert-OH is 1. The highest BCUT2D eigenvalue weighted by Crippen LogP contribution is 2.30. The molecule has 88 valence electrons. The highest BCUT2D eigenvalue weighted by atomic mass is 19.4. The Bertz CT molecular complexity index is 248. The Morgan fingerprint density at radius 3 is 2.20 bits per heavy atom. The minimum absolute atomic E-state index is 0.341. The molecule has 8 heteroatoms. The van der Waals surface area contributed by atoms with Crippen molar-refractivity contribution in [1.82, 2.24) is 0 Å². The average molecular weight is 234 g/mol. The number of esters is 1. The summed E-state index contributed by atoms with van der Waals surface area (Å²) in [6, 6.07) is 0. The van der Waals surface area contributed by atoms with Gasteiger partial charge in [-0.3, -0.25) is 0 Å². The van der Waals surface area contributed by atoms with E-state index in [-0.39, 0.29) is 0 Å². The number of hydrogen-bond donors (Lipinski definition) is 1. The third kappa shape index (κ3) is 5.31. The number of ether oxygens (including phenoxy) is 1. The topological polar surface area (TPSA) is 46.5 Å². The van der Waals surface area contributed by atoms with Crippen molar-refractivity contribution < 1.29 is 36.6 Å². The second-order valence-electron chi connectivity index (χ2n) is 2.52. The van der Waals surface area contributed by atoms with Crippen molar-refractivity contribution in [2.24, 2.45) is 0 Å². The van der Waals surface area contributed by atoms with Gasteiger partial charge in [0.05, 0.1) is 6.42 Å². The van der Waals surface area contributed by atoms with Crippen LogP contribution < -0.4 is 0 Å². The first kappa shape index (κ1) is 13.8. The van der Waals surface area contributed by atoms with E-state index in [4.69, 9.17) is 5.11 Å². The molecule has 0 rings (SSSR count). The molecule has 0 amide bonds. The molecule has 0 saturated heterocycles. The Morgan fingerprint density at radius 1 is 1.40 bits per heavy atom. The Balaban J connectivity index is 4.44. The van der Waals surface area contributed by atoms with Gasteiger partial charge < -0.3 is 9.84 Å². The highest BCUT2D eigenvalue weighted by Gasteiger charge is 2.48. The van der Waals surface area contributed by atoms with Crippen LogP contribution >= 0.6 is 0 Å². The Labute approximate surface area is 81.1 Å². The van der Waals surface area contributed by atoms with E-state index in [0.29, 0.717) is 6.08 Å². The van der Waals surface area contributed by atoms with Crippen LogP contribution in [0.1, 0.15) is 6.42 Å². The van der Waals surface area contributed by atoms with Crippen LogP contribution in [0.2, 0.25) is 0 Å². The molecule has 1 atom stereocenters. The molecule has 0 aliphatic rings. The molecule has 0 aliphatic heterocycles. The molecular formula is C7H7F5O3. The van der Waals surface area contributed by atoms with E-state index in [1.807, 2.05) is 0 Å². The Hall–Kier alpha value is -1.18. The third-order valence-corrected chi connectivity index (χ3v) is 1.22. The molecule has 0 radical (unpaired) electrons. The minimum Gasteiger partial charge on any atom is -0.396 e. The van der Waals surface area contributed by atoms with Crippen molar-refractivity contribution in [3.8, 4) is 0 Å². The van der Waals surface area contributed by atoms with Crippen molar-refractivity contribution in [3.63, 3.8) is 0 Å². The van der Waals surface area contributed by atoms with Gasteiger partial charge in [-0.1, -0.05) is 6.58 Å². The molecule has 0 saturated carbocycles. The maximum Gasteiger partial charge on any atom is 0.427 e. The lowest BCUT2D eigenvalue weighted by Crippen LogP contribution is -2.40. The van der Waals surface area contributed by atoms with Crippen molar-refractivity contribution in [1.29, 1.82) is 0 Å². The molecule has 0 aromatic rings. The largest absolute Gasteiger partial charge is 0.427 e. The summed E-state index contributed by atoms with van der Waals surface area (Å²) >= 11 is 0. The van der Waals surface area contributed by atoms with E-state index >= 15 is 0 Å². The fourth-order valence-corrected chi connectivity index (χ4v) is 0.582. The summed E-state index contributed by atoms with van der Waals surface area (Å²) in [5, 5.41) is 8.48. The van der Waals surface area contributed by atoms with Crippen molar-refractivity contribution >= 4 is 5.97 Å². The first-order valence-corrected chi connectivity index (χ1v) is 3.56. The lowest BCUT2D eigenvalue weighted by Gasteiger charge is -2.22. The summed E-state index contributed by atoms with van der Waals surface area (Å²) in [6.07, 6.45) is -14.6. The van der Waals surface area contributed by atoms with Crippen LogP contribution in [0.15, 0.2) is 12.7 Å². The number of carbonyl (C=O) groups excluding carboxylic acids is 1. The molecule has 0 aliphatic carbocycles. The van der Waals surface area contributed by atoms with E-state index in [0.717, 1.165) is 0 Å². The first-order valence-electron chi connectivity index (χ1n) is 3.56. The van der Waals surface area contributed by atoms with Gasteiger partial charge in [-0.05, 0) is 0 Å². The van der Waals surface area contributed by atoms with Crippen LogP contribution in [0.25, 0.3) is 0 Å². The van der Waals surface area contributed by atoms with Crippen molar-refractivity contribution in [2.45, 2.75) is 24.8 Å². The maximum absolute atomic E-state index is 12.5. The van der Waals surface area contributed by atoms with Gasteiger partial charge in [0, 0.05) is 6.08 Å². The number of alkyl halides is 5. The zero-order chi connectivity index (χ0) is 12.3. The SMILES string of the molecule is C=CC(=O)OC(F)(F)C(O)CC(F)(F)F. The summed E-state index contributed by atoms with van der Waals surface area (Å²) in [5.74, 6) is -1.62. The first-order chi connectivity index (χ1) is 6.58. The molecule has 0 bridgehead atoms. The van der Waals surface area contributed by atoms with E-state index in [2.05, 4.69) is 11.3 Å². The number of hydrogen-bond acceptors (Lipinski definition) is 3. The summed E-state index contributed by atoms with van der Waals surface area (Å²) in [6.45, 7) is 2.77. The molecule has 0 heterocycles. The van der Waals surface area contributed by atoms with Gasteiger partial charge in [0.1, 0.15) is 0 Å². The Kier molecular flexibility index (Phi) is 4.20. The van der Waals surface area contributed by atoms with Crippen molar-refractivity contribution in [2.75, 3.05) is 0 Å². The molecular weight excluding hydrogens is 227 g/mol. The summed E-state index contributed by atoms with van der Waals surface area (Å²) < 4.78 is 63.1. The smallest absolute Gasteiger partial charge is 0.396 e. The van der Waals surface area contributed by atoms with Crippen molar-refractivity contribution in [3.05, 3.63) is 12.7 Å². The standard InChI is InChI=1S/C7H7F5O3/c1-2-5(14)15-7(11,12)4(13)3-6(8,9)10/h2,4,13H,1,3H2. The van der Waals surface area contributed by atoms with Crippen LogP contribution in [0.4, 0.5) is 22.0 Å². The zero-order valence-corrected chi connectivity index (χ0v) is 7.22. The molecule has 3 nitrogen and oxygen atoms in total. The van der Waals surface area contributed by atoms with Gasteiger partial charge >= 0.3 is 18.3 Å². The predicted molar refractivity (Wildman–Crippen MR) is 37.9 cm³/mol. The molecule has 0 spiro atoms. The van der Waals surface area contributed by atoms with Crippen LogP contribution in [-0.4, -0.2) is 29.5 Å². The van der Waals surface area contributed by atoms with Crippen LogP contribution in [0, 0.1) is 0 Å². The van der Waals surface area contributed by atoms with Crippen LogP contribution in [-0.2, 0) is 9.53 Å². The number of halogens is 5. The van der Waals surface area contributed by atoms with Crippen LogP contribution in [0.5, 0.6) is 0 Å². The van der Waals surface area contributed by atoms with E-state index in [1.54, 1.807) is 0 Å². The summed E-state index contributed by atoms with van der Waals surface area (Å²) in [4.78, 5) is 10.3. The lowest BCUT2D eigenvalue weighted by molar-refractivity contribution is -0.289. The number of carbonyl (C=O) groups is 1. The predicted octanol–water partition coefficient (Wildman–Crippen LogP) is 1.62. The number of rotatable bonds is 4. The molecule has 0 fully saturated rings. The van der Waals surface area contributed by atoms with Gasteiger partial charge in [0.15, 0.2) is 6.10 Å². The molecule has 15 heavy (non-hydrogen) atoms. The second kappa shape index (κ2) is 4.56. The number of aliphatic hydroxyl groups is 1. The Morgan fingerprint density at radius 2 is 1.87 bits per heavy atom. The summed E-state index contributed by atoms with van der Waals surface area (Å²) in [7, 11) is 0. The molecule has 1 N–H and O–H groups in total. The van der Waals surface area contributed by atoms with E-state index in [1.165, 1.54) is 0 Å². The van der Waals surface area contributed by atoms with Gasteiger partial charge in [0.25, 0.3) is 0 Å². The summed E-state index contributed by atoms with van der Waals surface area (Å²) in [5.41, 5.74) is 0. The minimum atomic E-state index is -4.98. The van der Waals surface area contributed by atoms with Gasteiger partial charge in [-0.15, -0.1) is 0 Å². The van der Waals surface area contributed by atoms with E-state index in [9.17, 15) is 26.7 Å². The fourth-order valence-electron chi connectivity index (χ4n) is 0.582. The maximum atomic E-state index is 12.5. The van der Waals surface area contributed by atoms with Gasteiger partial charge in [-0.25, -0.2) is 4.79 Å². The zero-order valence-electron chi connectivity index (χ0n) is 7.22. The normalized spacial score (nSPS) is 14.5. The highest BCUT2D eigenvalue weighted by molar-refractivity contribution is 5.81. The van der Waals surface area contributed by atoms with Crippen LogP contribution in [0.3, 0.4) is 0 Å².